The highest BCUT2D eigenvalue weighted by atomic mass is 32.2. The maximum Gasteiger partial charge on any atom is 0.326 e. The van der Waals surface area contributed by atoms with Gasteiger partial charge in [0.2, 0.25) is 5.91 Å². The van der Waals surface area contributed by atoms with Gasteiger partial charge >= 0.3 is 5.97 Å². The van der Waals surface area contributed by atoms with Crippen LogP contribution in [0.5, 0.6) is 0 Å². The number of hydrogen-bond donors (Lipinski definition) is 3. The molecule has 7 heteroatoms. The van der Waals surface area contributed by atoms with Gasteiger partial charge in [-0.1, -0.05) is 43.7 Å². The number of thioether (sulfide) groups is 1. The third-order valence-corrected chi connectivity index (χ3v) is 5.84. The highest BCUT2D eigenvalue weighted by Gasteiger charge is 2.23. The van der Waals surface area contributed by atoms with Gasteiger partial charge in [-0.05, 0) is 66.2 Å². The van der Waals surface area contributed by atoms with Crippen LogP contribution in [0.15, 0.2) is 42.5 Å². The van der Waals surface area contributed by atoms with Crippen LogP contribution in [0.25, 0.3) is 11.1 Å². The average molecular weight is 457 g/mol. The molecule has 0 aliphatic carbocycles. The highest BCUT2D eigenvalue weighted by molar-refractivity contribution is 7.98. The first-order chi connectivity index (χ1) is 15.4. The lowest BCUT2D eigenvalue weighted by Gasteiger charge is -2.17. The Kier molecular flexibility index (Phi) is 10.3. The number of carboxylic acid groups (broad SMARTS) is 1. The summed E-state index contributed by atoms with van der Waals surface area (Å²) in [6.45, 7) is 4.67. The second-order valence-electron chi connectivity index (χ2n) is 7.72. The Hall–Kier alpha value is -2.80. The fraction of sp³-hybridized carbons (Fsp3) is 0.400. The molecule has 2 rings (SSSR count). The van der Waals surface area contributed by atoms with Gasteiger partial charge in [0, 0.05) is 12.1 Å². The van der Waals surface area contributed by atoms with Crippen molar-refractivity contribution in [3.8, 4) is 11.1 Å². The van der Waals surface area contributed by atoms with Crippen molar-refractivity contribution in [2.75, 3.05) is 18.6 Å². The van der Waals surface area contributed by atoms with E-state index >= 15 is 0 Å². The number of hydrogen-bond acceptors (Lipinski definition) is 4. The van der Waals surface area contributed by atoms with Gasteiger partial charge in [-0.3, -0.25) is 9.59 Å². The molecule has 2 amide bonds. The van der Waals surface area contributed by atoms with E-state index in [0.717, 1.165) is 29.5 Å². The van der Waals surface area contributed by atoms with Crippen LogP contribution < -0.4 is 10.6 Å². The fourth-order valence-electron chi connectivity index (χ4n) is 3.38. The number of carboxylic acids is 1. The average Bonchev–Trinajstić information content (AvgIpc) is 2.76. The van der Waals surface area contributed by atoms with Gasteiger partial charge in [0.15, 0.2) is 0 Å². The summed E-state index contributed by atoms with van der Waals surface area (Å²) in [5.74, 6) is -0.913. The van der Waals surface area contributed by atoms with Crippen molar-refractivity contribution in [2.24, 2.45) is 0 Å². The number of aryl methyl sites for hydroxylation is 1. The smallest absolute Gasteiger partial charge is 0.326 e. The minimum absolute atomic E-state index is 0.0607. The van der Waals surface area contributed by atoms with Crippen molar-refractivity contribution in [1.82, 2.24) is 10.6 Å². The van der Waals surface area contributed by atoms with Crippen molar-refractivity contribution < 1.29 is 19.5 Å². The topological polar surface area (TPSA) is 95.5 Å². The van der Waals surface area contributed by atoms with Crippen molar-refractivity contribution >= 4 is 29.5 Å². The Labute approximate surface area is 194 Å². The lowest BCUT2D eigenvalue weighted by Crippen LogP contribution is -2.41. The third-order valence-electron chi connectivity index (χ3n) is 5.20. The molecule has 1 atom stereocenters. The van der Waals surface area contributed by atoms with Crippen LogP contribution in [-0.2, 0) is 16.0 Å². The summed E-state index contributed by atoms with van der Waals surface area (Å²) >= 11 is 1.53. The van der Waals surface area contributed by atoms with E-state index in [4.69, 9.17) is 0 Å². The first-order valence-corrected chi connectivity index (χ1v) is 12.2. The molecule has 0 saturated carbocycles. The second-order valence-corrected chi connectivity index (χ2v) is 8.71. The molecule has 0 fully saturated rings. The summed E-state index contributed by atoms with van der Waals surface area (Å²) < 4.78 is 0. The van der Waals surface area contributed by atoms with Crippen LogP contribution >= 0.6 is 11.8 Å². The molecule has 0 aliphatic heterocycles. The molecule has 2 aromatic rings. The molecule has 172 valence electrons. The molecular weight excluding hydrogens is 424 g/mol. The zero-order valence-corrected chi connectivity index (χ0v) is 19.8. The molecule has 0 aromatic heterocycles. The molecule has 3 N–H and O–H groups in total. The number of aliphatic carboxylic acids is 1. The SMILES string of the molecule is CCCCNC(=O)Cc1ccc(C(=O)N[C@@H](CCSC)C(=O)O)c(-c2ccccc2C)c1. The lowest BCUT2D eigenvalue weighted by atomic mass is 9.93. The highest BCUT2D eigenvalue weighted by Crippen LogP contribution is 2.28. The number of rotatable bonds is 12. The molecule has 0 saturated heterocycles. The van der Waals surface area contributed by atoms with E-state index in [9.17, 15) is 19.5 Å². The number of amides is 2. The number of carbonyl (C=O) groups excluding carboxylic acids is 2. The van der Waals surface area contributed by atoms with Gasteiger partial charge in [0.25, 0.3) is 5.91 Å². The molecule has 0 bridgehead atoms. The van der Waals surface area contributed by atoms with Crippen LogP contribution in [0.1, 0.15) is 47.7 Å². The van der Waals surface area contributed by atoms with Gasteiger partial charge in [-0.25, -0.2) is 4.79 Å². The Morgan fingerprint density at radius 2 is 1.84 bits per heavy atom. The molecule has 0 spiro atoms. The van der Waals surface area contributed by atoms with Gasteiger partial charge < -0.3 is 15.7 Å². The van der Waals surface area contributed by atoms with E-state index in [2.05, 4.69) is 17.6 Å². The van der Waals surface area contributed by atoms with Crippen molar-refractivity contribution in [3.05, 3.63) is 59.2 Å². The molecular formula is C25H32N2O4S. The standard InChI is InChI=1S/C25H32N2O4S/c1-4-5-13-26-23(28)16-18-10-11-20(21(15-18)19-9-7-6-8-17(19)2)24(29)27-22(25(30)31)12-14-32-3/h6-11,15,22H,4-5,12-14,16H2,1-3H3,(H,26,28)(H,27,29)(H,30,31)/t22-/m0/s1. The van der Waals surface area contributed by atoms with Crippen molar-refractivity contribution in [3.63, 3.8) is 0 Å². The van der Waals surface area contributed by atoms with Gasteiger partial charge in [0.1, 0.15) is 6.04 Å². The molecule has 0 radical (unpaired) electrons. The Bertz CT molecular complexity index is 945. The Morgan fingerprint density at radius 1 is 1.09 bits per heavy atom. The second kappa shape index (κ2) is 12.9. The van der Waals surface area contributed by atoms with E-state index in [1.165, 1.54) is 11.8 Å². The van der Waals surface area contributed by atoms with Crippen molar-refractivity contribution in [2.45, 2.75) is 45.6 Å². The lowest BCUT2D eigenvalue weighted by molar-refractivity contribution is -0.139. The van der Waals surface area contributed by atoms with Gasteiger partial charge in [-0.2, -0.15) is 11.8 Å². The fourth-order valence-corrected chi connectivity index (χ4v) is 3.85. The molecule has 2 aromatic carbocycles. The number of nitrogens with one attached hydrogen (secondary N) is 2. The van der Waals surface area contributed by atoms with E-state index in [-0.39, 0.29) is 12.3 Å². The van der Waals surface area contributed by atoms with E-state index < -0.39 is 17.9 Å². The van der Waals surface area contributed by atoms with Crippen molar-refractivity contribution in [1.29, 1.82) is 0 Å². The summed E-state index contributed by atoms with van der Waals surface area (Å²) in [7, 11) is 0. The van der Waals surface area contributed by atoms with Crippen LogP contribution in [-0.4, -0.2) is 47.5 Å². The monoisotopic (exact) mass is 456 g/mol. The molecule has 0 heterocycles. The summed E-state index contributed by atoms with van der Waals surface area (Å²) in [5, 5.41) is 15.1. The summed E-state index contributed by atoms with van der Waals surface area (Å²) in [5.41, 5.74) is 3.74. The Balaban J connectivity index is 2.35. The summed E-state index contributed by atoms with van der Waals surface area (Å²) in [6.07, 6.45) is 4.40. The predicted molar refractivity (Wildman–Crippen MR) is 130 cm³/mol. The first kappa shape index (κ1) is 25.5. The minimum atomic E-state index is -1.05. The maximum absolute atomic E-state index is 13.1. The largest absolute Gasteiger partial charge is 0.480 e. The normalized spacial score (nSPS) is 11.6. The molecule has 0 aliphatic rings. The van der Waals surface area contributed by atoms with Gasteiger partial charge in [0.05, 0.1) is 6.42 Å². The maximum atomic E-state index is 13.1. The first-order valence-electron chi connectivity index (χ1n) is 10.9. The number of benzene rings is 2. The van der Waals surface area contributed by atoms with Crippen LogP contribution in [0.2, 0.25) is 0 Å². The Morgan fingerprint density at radius 3 is 2.50 bits per heavy atom. The quantitative estimate of drug-likeness (QED) is 0.419. The molecule has 6 nitrogen and oxygen atoms in total. The van der Waals surface area contributed by atoms with E-state index in [0.29, 0.717) is 29.8 Å². The van der Waals surface area contributed by atoms with Crippen LogP contribution in [0.3, 0.4) is 0 Å². The molecule has 32 heavy (non-hydrogen) atoms. The number of unbranched alkanes of at least 4 members (excludes halogenated alkanes) is 1. The van der Waals surface area contributed by atoms with Gasteiger partial charge in [-0.15, -0.1) is 0 Å². The minimum Gasteiger partial charge on any atom is -0.480 e. The molecule has 0 unspecified atom stereocenters. The van der Waals surface area contributed by atoms with Crippen LogP contribution in [0, 0.1) is 6.92 Å². The summed E-state index contributed by atoms with van der Waals surface area (Å²) in [6, 6.07) is 12.0. The van der Waals surface area contributed by atoms with E-state index in [1.54, 1.807) is 12.1 Å². The van der Waals surface area contributed by atoms with E-state index in [1.807, 2.05) is 43.5 Å². The zero-order valence-electron chi connectivity index (χ0n) is 18.9. The summed E-state index contributed by atoms with van der Waals surface area (Å²) in [4.78, 5) is 37.0. The third kappa shape index (κ3) is 7.41. The number of carbonyl (C=O) groups is 3. The van der Waals surface area contributed by atoms with Crippen LogP contribution in [0.4, 0.5) is 0 Å². The predicted octanol–water partition coefficient (Wildman–Crippen LogP) is 4.06. The zero-order chi connectivity index (χ0) is 23.5.